The van der Waals surface area contributed by atoms with Gasteiger partial charge in [-0.1, -0.05) is 18.2 Å². The van der Waals surface area contributed by atoms with Crippen LogP contribution in [0.1, 0.15) is 45.1 Å². The third-order valence-electron chi connectivity index (χ3n) is 5.04. The summed E-state index contributed by atoms with van der Waals surface area (Å²) in [4.78, 5) is 4.90. The lowest BCUT2D eigenvalue weighted by atomic mass is 10.0. The van der Waals surface area contributed by atoms with Gasteiger partial charge in [0.2, 0.25) is 0 Å². The van der Waals surface area contributed by atoms with E-state index >= 15 is 0 Å². The molecule has 3 rings (SSSR count). The van der Waals surface area contributed by atoms with E-state index in [0.29, 0.717) is 6.61 Å². The standard InChI is InChI=1S/C21H32N6O/c1-6-12-25-13-15-26(16-14-25)19(17-8-10-18(11-9-17)28-7-2)20-22-23-24-27(20)21(3,4)5/h6,8-11,19H,1,7,12-16H2,2-5H3. The molecule has 0 saturated carbocycles. The highest BCUT2D eigenvalue weighted by molar-refractivity contribution is 5.32. The molecule has 7 nitrogen and oxygen atoms in total. The van der Waals surface area contributed by atoms with Crippen LogP contribution in [0, 0.1) is 0 Å². The van der Waals surface area contributed by atoms with E-state index in [-0.39, 0.29) is 11.6 Å². The molecule has 2 heterocycles. The molecule has 0 radical (unpaired) electrons. The van der Waals surface area contributed by atoms with Crippen LogP contribution in [0.25, 0.3) is 0 Å². The maximum absolute atomic E-state index is 5.62. The summed E-state index contributed by atoms with van der Waals surface area (Å²) in [6.45, 7) is 17.8. The van der Waals surface area contributed by atoms with Gasteiger partial charge in [0, 0.05) is 32.7 Å². The van der Waals surface area contributed by atoms with E-state index in [1.807, 2.05) is 29.8 Å². The minimum atomic E-state index is -0.187. The van der Waals surface area contributed by atoms with Crippen LogP contribution in [0.3, 0.4) is 0 Å². The van der Waals surface area contributed by atoms with Gasteiger partial charge in [0.05, 0.1) is 18.2 Å². The topological polar surface area (TPSA) is 59.3 Å². The summed E-state index contributed by atoms with van der Waals surface area (Å²) < 4.78 is 7.57. The van der Waals surface area contributed by atoms with E-state index in [1.165, 1.54) is 5.56 Å². The minimum Gasteiger partial charge on any atom is -0.494 e. The average molecular weight is 385 g/mol. The molecule has 1 fully saturated rings. The van der Waals surface area contributed by atoms with Crippen molar-refractivity contribution < 1.29 is 4.74 Å². The van der Waals surface area contributed by atoms with Crippen molar-refractivity contribution in [3.63, 3.8) is 0 Å². The Morgan fingerprint density at radius 3 is 2.39 bits per heavy atom. The lowest BCUT2D eigenvalue weighted by molar-refractivity contribution is 0.110. The van der Waals surface area contributed by atoms with Crippen molar-refractivity contribution in [2.75, 3.05) is 39.3 Å². The van der Waals surface area contributed by atoms with Crippen molar-refractivity contribution in [2.24, 2.45) is 0 Å². The highest BCUT2D eigenvalue weighted by atomic mass is 16.5. The Morgan fingerprint density at radius 2 is 1.82 bits per heavy atom. The molecular formula is C21H32N6O. The Balaban J connectivity index is 1.93. The number of hydrogen-bond acceptors (Lipinski definition) is 6. The summed E-state index contributed by atoms with van der Waals surface area (Å²) in [6, 6.07) is 8.34. The molecule has 1 saturated heterocycles. The average Bonchev–Trinajstić information content (AvgIpc) is 3.15. The SMILES string of the molecule is C=CCN1CCN(C(c2ccc(OCC)cc2)c2nnnn2C(C)(C)C)CC1. The number of benzene rings is 1. The summed E-state index contributed by atoms with van der Waals surface area (Å²) in [5.74, 6) is 1.77. The molecule has 1 unspecified atom stereocenters. The smallest absolute Gasteiger partial charge is 0.173 e. The number of piperazine rings is 1. The first-order valence-electron chi connectivity index (χ1n) is 10.0. The van der Waals surface area contributed by atoms with Gasteiger partial charge in [0.15, 0.2) is 5.82 Å². The van der Waals surface area contributed by atoms with Gasteiger partial charge < -0.3 is 4.74 Å². The van der Waals surface area contributed by atoms with Crippen LogP contribution < -0.4 is 4.74 Å². The molecule has 7 heteroatoms. The fourth-order valence-corrected chi connectivity index (χ4v) is 3.67. The van der Waals surface area contributed by atoms with Crippen molar-refractivity contribution in [3.8, 4) is 5.75 Å². The molecule has 1 aliphatic heterocycles. The third kappa shape index (κ3) is 4.59. The molecule has 0 bridgehead atoms. The van der Waals surface area contributed by atoms with Crippen LogP contribution in [0.15, 0.2) is 36.9 Å². The van der Waals surface area contributed by atoms with Crippen molar-refractivity contribution in [3.05, 3.63) is 48.3 Å². The fourth-order valence-electron chi connectivity index (χ4n) is 3.67. The summed E-state index contributed by atoms with van der Waals surface area (Å²) >= 11 is 0. The molecule has 28 heavy (non-hydrogen) atoms. The Kier molecular flexibility index (Phi) is 6.46. The van der Waals surface area contributed by atoms with Crippen molar-refractivity contribution >= 4 is 0 Å². The summed E-state index contributed by atoms with van der Waals surface area (Å²) in [6.07, 6.45) is 1.97. The highest BCUT2D eigenvalue weighted by Crippen LogP contribution is 2.31. The van der Waals surface area contributed by atoms with Crippen LogP contribution >= 0.6 is 0 Å². The summed E-state index contributed by atoms with van der Waals surface area (Å²) in [5, 5.41) is 12.8. The molecular weight excluding hydrogens is 352 g/mol. The van der Waals surface area contributed by atoms with E-state index in [9.17, 15) is 0 Å². The monoisotopic (exact) mass is 384 g/mol. The number of aromatic nitrogens is 4. The maximum Gasteiger partial charge on any atom is 0.173 e. The number of ether oxygens (including phenoxy) is 1. The van der Waals surface area contributed by atoms with Crippen LogP contribution in [0.2, 0.25) is 0 Å². The van der Waals surface area contributed by atoms with Crippen molar-refractivity contribution in [2.45, 2.75) is 39.3 Å². The van der Waals surface area contributed by atoms with Gasteiger partial charge in [-0.25, -0.2) is 4.68 Å². The van der Waals surface area contributed by atoms with Gasteiger partial charge in [0.25, 0.3) is 0 Å². The minimum absolute atomic E-state index is 0.00998. The first-order chi connectivity index (χ1) is 13.4. The molecule has 1 aliphatic rings. The highest BCUT2D eigenvalue weighted by Gasteiger charge is 2.33. The maximum atomic E-state index is 5.62. The van der Waals surface area contributed by atoms with E-state index in [2.05, 4.69) is 64.8 Å². The van der Waals surface area contributed by atoms with E-state index < -0.39 is 0 Å². The van der Waals surface area contributed by atoms with E-state index in [4.69, 9.17) is 4.74 Å². The van der Waals surface area contributed by atoms with Crippen molar-refractivity contribution in [1.29, 1.82) is 0 Å². The third-order valence-corrected chi connectivity index (χ3v) is 5.04. The number of hydrogen-bond donors (Lipinski definition) is 0. The predicted octanol–water partition coefficient (Wildman–Crippen LogP) is 2.72. The van der Waals surface area contributed by atoms with Crippen LogP contribution in [-0.2, 0) is 5.54 Å². The zero-order chi connectivity index (χ0) is 20.1. The summed E-state index contributed by atoms with van der Waals surface area (Å²) in [7, 11) is 0. The van der Waals surface area contributed by atoms with Gasteiger partial charge in [-0.3, -0.25) is 9.80 Å². The van der Waals surface area contributed by atoms with Gasteiger partial charge >= 0.3 is 0 Å². The molecule has 1 aromatic heterocycles. The first kappa shape index (κ1) is 20.5. The number of rotatable bonds is 7. The van der Waals surface area contributed by atoms with Gasteiger partial charge in [0.1, 0.15) is 5.75 Å². The quantitative estimate of drug-likeness (QED) is 0.684. The second kappa shape index (κ2) is 8.84. The molecule has 1 aromatic carbocycles. The predicted molar refractivity (Wildman–Crippen MR) is 110 cm³/mol. The lowest BCUT2D eigenvalue weighted by Gasteiger charge is -2.39. The van der Waals surface area contributed by atoms with E-state index in [1.54, 1.807) is 0 Å². The normalized spacial score (nSPS) is 17.4. The lowest BCUT2D eigenvalue weighted by Crippen LogP contribution is -2.48. The molecule has 0 amide bonds. The van der Waals surface area contributed by atoms with Gasteiger partial charge in [-0.05, 0) is 55.8 Å². The molecule has 152 valence electrons. The van der Waals surface area contributed by atoms with Crippen LogP contribution in [-0.4, -0.2) is 69.3 Å². The van der Waals surface area contributed by atoms with E-state index in [0.717, 1.165) is 44.3 Å². The molecule has 0 N–H and O–H groups in total. The Hall–Kier alpha value is -2.25. The largest absolute Gasteiger partial charge is 0.494 e. The van der Waals surface area contributed by atoms with Gasteiger partial charge in [-0.15, -0.1) is 11.7 Å². The second-order valence-corrected chi connectivity index (χ2v) is 8.15. The Morgan fingerprint density at radius 1 is 1.14 bits per heavy atom. The van der Waals surface area contributed by atoms with Crippen LogP contribution in [0.5, 0.6) is 5.75 Å². The zero-order valence-electron chi connectivity index (χ0n) is 17.5. The molecule has 0 spiro atoms. The van der Waals surface area contributed by atoms with Crippen LogP contribution in [0.4, 0.5) is 0 Å². The first-order valence-corrected chi connectivity index (χ1v) is 10.0. The summed E-state index contributed by atoms with van der Waals surface area (Å²) in [5.41, 5.74) is 0.994. The second-order valence-electron chi connectivity index (χ2n) is 8.15. The molecule has 2 aromatic rings. The number of tetrazole rings is 1. The molecule has 0 aliphatic carbocycles. The Bertz CT molecular complexity index is 756. The fraction of sp³-hybridized carbons (Fsp3) is 0.571. The van der Waals surface area contributed by atoms with Crippen molar-refractivity contribution in [1.82, 2.24) is 30.0 Å². The molecule has 1 atom stereocenters. The van der Waals surface area contributed by atoms with Gasteiger partial charge in [-0.2, -0.15) is 0 Å². The zero-order valence-corrected chi connectivity index (χ0v) is 17.5. The number of nitrogens with zero attached hydrogens (tertiary/aromatic N) is 6. The Labute approximate surface area is 168 Å².